The Morgan fingerprint density at radius 3 is 1.00 bits per heavy atom. The van der Waals surface area contributed by atoms with Gasteiger partial charge in [0.15, 0.2) is 0 Å². The molecule has 84 valence electrons. The van der Waals surface area contributed by atoms with E-state index in [-0.39, 0.29) is 44.8 Å². The van der Waals surface area contributed by atoms with E-state index in [2.05, 4.69) is 0 Å². The summed E-state index contributed by atoms with van der Waals surface area (Å²) in [6.07, 6.45) is 2.56. The van der Waals surface area contributed by atoms with Gasteiger partial charge in [0.25, 0.3) is 0 Å². The van der Waals surface area contributed by atoms with Crippen LogP contribution in [-0.2, 0) is 21.7 Å². The Bertz CT molecular complexity index is 231. The molecular formula is C10H18O4Ti+2. The van der Waals surface area contributed by atoms with E-state index in [0.29, 0.717) is 0 Å². The van der Waals surface area contributed by atoms with Crippen LogP contribution in [-0.4, -0.2) is 31.4 Å². The third kappa shape index (κ3) is 32.0. The van der Waals surface area contributed by atoms with Crippen LogP contribution in [0.2, 0.25) is 0 Å². The molecule has 0 radical (unpaired) electrons. The molecule has 0 aromatic heterocycles. The van der Waals surface area contributed by atoms with E-state index >= 15 is 0 Å². The molecule has 0 aliphatic rings. The van der Waals surface area contributed by atoms with Crippen molar-refractivity contribution in [1.29, 1.82) is 0 Å². The first-order valence-corrected chi connectivity index (χ1v) is 4.05. The van der Waals surface area contributed by atoms with Crippen molar-refractivity contribution in [3.8, 4) is 0 Å². The number of rotatable bonds is 2. The minimum atomic E-state index is 0. The monoisotopic (exact) mass is 250 g/mol. The Morgan fingerprint density at radius 2 is 1.00 bits per heavy atom. The standard InChI is InChI=1S/2C5H8O2.Ti/c2*1-4(6)3-5(2)7;/h2*3,6H,1-2H3;/p+2/b2*4-3-;. The molecule has 0 unspecified atom stereocenters. The average molecular weight is 250 g/mol. The van der Waals surface area contributed by atoms with Crippen LogP contribution in [0.3, 0.4) is 0 Å². The van der Waals surface area contributed by atoms with Gasteiger partial charge in [-0.3, -0.25) is 9.59 Å². The van der Waals surface area contributed by atoms with E-state index in [9.17, 15) is 0 Å². The van der Waals surface area contributed by atoms with Crippen molar-refractivity contribution in [2.75, 3.05) is 0 Å². The molecule has 0 atom stereocenters. The molecule has 0 aliphatic carbocycles. The van der Waals surface area contributed by atoms with Gasteiger partial charge in [0, 0.05) is 21.7 Å². The Balaban J connectivity index is -0.000000180. The van der Waals surface area contributed by atoms with Gasteiger partial charge in [-0.2, -0.15) is 0 Å². The molecule has 0 saturated carbocycles. The van der Waals surface area contributed by atoms with Crippen LogP contribution in [0.1, 0.15) is 27.7 Å². The zero-order valence-corrected chi connectivity index (χ0v) is 11.0. The Hall–Kier alpha value is -0.866. The predicted octanol–water partition coefficient (Wildman–Crippen LogP) is 2.02. The van der Waals surface area contributed by atoms with Gasteiger partial charge in [0.05, 0.1) is 37.5 Å². The van der Waals surface area contributed by atoms with Gasteiger partial charge in [-0.1, -0.05) is 0 Å². The molecule has 0 spiro atoms. The van der Waals surface area contributed by atoms with Gasteiger partial charge in [0.2, 0.25) is 0 Å². The van der Waals surface area contributed by atoms with Crippen LogP contribution < -0.4 is 0 Å². The van der Waals surface area contributed by atoms with Crippen LogP contribution in [0.4, 0.5) is 0 Å². The van der Waals surface area contributed by atoms with Gasteiger partial charge >= 0.3 is 11.6 Å². The molecule has 0 saturated heterocycles. The topological polar surface area (TPSA) is 83.3 Å². The van der Waals surface area contributed by atoms with E-state index in [4.69, 9.17) is 19.8 Å². The van der Waals surface area contributed by atoms with Crippen molar-refractivity contribution in [2.24, 2.45) is 0 Å². The molecule has 5 heteroatoms. The summed E-state index contributed by atoms with van der Waals surface area (Å²) in [5, 5.41) is 16.8. The van der Waals surface area contributed by atoms with Crippen LogP contribution in [0.25, 0.3) is 0 Å². The first kappa shape index (κ1) is 19.7. The normalized spacial score (nSPS) is 10.7. The maximum absolute atomic E-state index is 8.40. The molecule has 4 N–H and O–H groups in total. The zero-order valence-electron chi connectivity index (χ0n) is 9.44. The number of allylic oxidation sites excluding steroid dienone is 4. The number of hydrogen-bond donors (Lipinski definition) is 2. The second-order valence-corrected chi connectivity index (χ2v) is 2.85. The van der Waals surface area contributed by atoms with Crippen LogP contribution in [0.15, 0.2) is 23.7 Å². The number of hydrogen-bond acceptors (Lipinski definition) is 2. The van der Waals surface area contributed by atoms with Crippen LogP contribution >= 0.6 is 0 Å². The number of aliphatic hydroxyl groups excluding tert-OH is 2. The third-order valence-electron chi connectivity index (χ3n) is 0.836. The maximum Gasteiger partial charge on any atom is 0.316 e. The molecule has 0 amide bonds. The van der Waals surface area contributed by atoms with Gasteiger partial charge in [0.1, 0.15) is 0 Å². The van der Waals surface area contributed by atoms with Crippen molar-refractivity contribution >= 4 is 11.6 Å². The Morgan fingerprint density at radius 1 is 0.800 bits per heavy atom. The fourth-order valence-electron chi connectivity index (χ4n) is 0.605. The number of ketones is 2. The average Bonchev–Trinajstić information content (AvgIpc) is 1.79. The Labute approximate surface area is 105 Å². The fraction of sp³-hybridized carbons (Fsp3) is 0.400. The second kappa shape index (κ2) is 11.2. The molecule has 0 aromatic rings. The molecule has 0 heterocycles. The number of carbonyl (C=O) groups excluding carboxylic acids is 2. The summed E-state index contributed by atoms with van der Waals surface area (Å²) >= 11 is 0. The summed E-state index contributed by atoms with van der Waals surface area (Å²) < 4.78 is 0. The summed E-state index contributed by atoms with van der Waals surface area (Å²) in [6, 6.07) is 0. The zero-order chi connectivity index (χ0) is 11.7. The molecular weight excluding hydrogens is 232 g/mol. The smallest absolute Gasteiger partial charge is 0.316 e. The van der Waals surface area contributed by atoms with E-state index < -0.39 is 0 Å². The molecule has 15 heavy (non-hydrogen) atoms. The molecule has 0 aromatic carbocycles. The quantitative estimate of drug-likeness (QED) is 0.340. The summed E-state index contributed by atoms with van der Waals surface area (Å²) in [5.74, 6) is 0.500. The van der Waals surface area contributed by atoms with Gasteiger partial charge in [-0.05, 0) is 13.8 Å². The van der Waals surface area contributed by atoms with Crippen molar-refractivity contribution in [3.63, 3.8) is 0 Å². The van der Waals surface area contributed by atoms with E-state index in [1.165, 1.54) is 39.8 Å². The van der Waals surface area contributed by atoms with Crippen LogP contribution in [0, 0.1) is 0 Å². The summed E-state index contributed by atoms with van der Waals surface area (Å²) in [6.45, 7) is 6.00. The van der Waals surface area contributed by atoms with Crippen molar-refractivity contribution in [1.82, 2.24) is 0 Å². The van der Waals surface area contributed by atoms with Crippen molar-refractivity contribution in [2.45, 2.75) is 27.7 Å². The largest absolute Gasteiger partial charge is 0.512 e. The fourth-order valence-corrected chi connectivity index (χ4v) is 0.605. The summed E-state index contributed by atoms with van der Waals surface area (Å²) in [4.78, 5) is 16.8. The molecule has 0 rings (SSSR count). The maximum atomic E-state index is 8.40. The molecule has 0 fully saturated rings. The molecule has 0 aliphatic heterocycles. The van der Waals surface area contributed by atoms with Gasteiger partial charge in [-0.25, -0.2) is 0 Å². The molecule has 4 nitrogen and oxygen atoms in total. The summed E-state index contributed by atoms with van der Waals surface area (Å²) in [7, 11) is 0. The SMILES string of the molecule is CC(=[OH+])/C=C(/C)O.CC(=[OH+])/C=C(/C)O.[Ti]. The molecule has 0 bridgehead atoms. The minimum Gasteiger partial charge on any atom is -0.512 e. The number of aliphatic hydroxyl groups is 2. The minimum absolute atomic E-state index is 0. The first-order valence-electron chi connectivity index (χ1n) is 4.05. The Kier molecular flexibility index (Phi) is 14.7. The second-order valence-electron chi connectivity index (χ2n) is 2.85. The van der Waals surface area contributed by atoms with E-state index in [1.54, 1.807) is 0 Å². The van der Waals surface area contributed by atoms with E-state index in [1.807, 2.05) is 0 Å². The van der Waals surface area contributed by atoms with Gasteiger partial charge in [-0.15, -0.1) is 0 Å². The first-order chi connectivity index (χ1) is 6.25. The predicted molar refractivity (Wildman–Crippen MR) is 58.0 cm³/mol. The van der Waals surface area contributed by atoms with Gasteiger partial charge < -0.3 is 10.2 Å². The van der Waals surface area contributed by atoms with Crippen molar-refractivity contribution in [3.05, 3.63) is 23.7 Å². The van der Waals surface area contributed by atoms with E-state index in [0.717, 1.165) is 0 Å². The van der Waals surface area contributed by atoms with Crippen LogP contribution in [0.5, 0.6) is 0 Å². The summed E-state index contributed by atoms with van der Waals surface area (Å²) in [5.41, 5.74) is 0. The third-order valence-corrected chi connectivity index (χ3v) is 0.836. The van der Waals surface area contributed by atoms with Crippen molar-refractivity contribution < 1.29 is 41.5 Å².